The molecule has 1 N–H and O–H groups in total. The van der Waals surface area contributed by atoms with Gasteiger partial charge in [0.2, 0.25) is 5.75 Å². The van der Waals surface area contributed by atoms with Gasteiger partial charge in [0.05, 0.1) is 16.0 Å². The van der Waals surface area contributed by atoms with Crippen LogP contribution in [-0.4, -0.2) is 22.6 Å². The number of aliphatic carboxylic acids is 1. The van der Waals surface area contributed by atoms with Gasteiger partial charge in [-0.25, -0.2) is 0 Å². The third-order valence-electron chi connectivity index (χ3n) is 2.17. The van der Waals surface area contributed by atoms with Crippen LogP contribution in [0.4, 0.5) is 5.69 Å². The van der Waals surface area contributed by atoms with Gasteiger partial charge in [-0.1, -0.05) is 6.07 Å². The molecule has 0 fully saturated rings. The number of carboxylic acid groups (broad SMARTS) is 1. The van der Waals surface area contributed by atoms with E-state index < -0.39 is 10.9 Å². The average Bonchev–Trinajstić information content (AvgIpc) is 2.29. The molecule has 98 valence electrons. The van der Waals surface area contributed by atoms with E-state index >= 15 is 0 Å². The monoisotopic (exact) mass is 317 g/mol. The first kappa shape index (κ1) is 14.4. The zero-order chi connectivity index (χ0) is 13.5. The zero-order valence-electron chi connectivity index (χ0n) is 9.47. The molecule has 0 atom stereocenters. The van der Waals surface area contributed by atoms with Crippen LogP contribution in [0.2, 0.25) is 0 Å². The number of nitrogens with zero attached hydrogens (tertiary/aromatic N) is 1. The number of halogens is 1. The molecule has 0 unspecified atom stereocenters. The number of hydrogen-bond acceptors (Lipinski definition) is 4. The van der Waals surface area contributed by atoms with Crippen molar-refractivity contribution in [3.05, 3.63) is 32.8 Å². The first-order valence-corrected chi connectivity index (χ1v) is 6.09. The molecular weight excluding hydrogens is 306 g/mol. The van der Waals surface area contributed by atoms with Gasteiger partial charge in [0, 0.05) is 12.5 Å². The number of benzene rings is 1. The Morgan fingerprint density at radius 2 is 2.17 bits per heavy atom. The Kier molecular flexibility index (Phi) is 5.57. The number of carboxylic acids is 1. The lowest BCUT2D eigenvalue weighted by atomic mass is 10.2. The van der Waals surface area contributed by atoms with Crippen molar-refractivity contribution in [2.24, 2.45) is 0 Å². The second-order valence-corrected chi connectivity index (χ2v) is 4.40. The molecule has 0 aliphatic carbocycles. The van der Waals surface area contributed by atoms with Crippen molar-refractivity contribution in [3.8, 4) is 5.75 Å². The van der Waals surface area contributed by atoms with Gasteiger partial charge in [-0.15, -0.1) is 0 Å². The standard InChI is InChI=1S/C11H12BrNO5/c12-8-4-3-5-9(13(16)17)11(8)18-7-2-1-6-10(14)15/h3-5H,1-2,6-7H2,(H,14,15). The summed E-state index contributed by atoms with van der Waals surface area (Å²) < 4.78 is 5.84. The zero-order valence-corrected chi connectivity index (χ0v) is 11.1. The Morgan fingerprint density at radius 1 is 1.44 bits per heavy atom. The lowest BCUT2D eigenvalue weighted by molar-refractivity contribution is -0.386. The second-order valence-electron chi connectivity index (χ2n) is 3.54. The van der Waals surface area contributed by atoms with E-state index in [1.54, 1.807) is 12.1 Å². The fraction of sp³-hybridized carbons (Fsp3) is 0.364. The largest absolute Gasteiger partial charge is 0.486 e. The highest BCUT2D eigenvalue weighted by Gasteiger charge is 2.17. The SMILES string of the molecule is O=C(O)CCCCOc1c(Br)cccc1[N+](=O)[O-]. The predicted molar refractivity (Wildman–Crippen MR) is 67.8 cm³/mol. The van der Waals surface area contributed by atoms with E-state index in [9.17, 15) is 14.9 Å². The molecule has 1 aromatic carbocycles. The molecule has 7 heteroatoms. The van der Waals surface area contributed by atoms with Gasteiger partial charge in [-0.3, -0.25) is 14.9 Å². The second kappa shape index (κ2) is 6.95. The first-order valence-electron chi connectivity index (χ1n) is 5.30. The van der Waals surface area contributed by atoms with Gasteiger partial charge in [0.1, 0.15) is 0 Å². The van der Waals surface area contributed by atoms with Crippen molar-refractivity contribution in [2.75, 3.05) is 6.61 Å². The minimum atomic E-state index is -0.859. The molecule has 0 heterocycles. The van der Waals surface area contributed by atoms with Crippen LogP contribution >= 0.6 is 15.9 Å². The summed E-state index contributed by atoms with van der Waals surface area (Å²) in [5.74, 6) is -0.681. The molecule has 1 rings (SSSR count). The summed E-state index contributed by atoms with van der Waals surface area (Å²) in [6.07, 6.45) is 1.08. The van der Waals surface area contributed by atoms with Gasteiger partial charge in [0.25, 0.3) is 0 Å². The molecule has 1 aromatic rings. The number of para-hydroxylation sites is 1. The van der Waals surface area contributed by atoms with Gasteiger partial charge >= 0.3 is 11.7 Å². The number of nitro benzene ring substituents is 1. The lowest BCUT2D eigenvalue weighted by Crippen LogP contribution is -2.02. The molecular formula is C11H12BrNO5. The topological polar surface area (TPSA) is 89.7 Å². The lowest BCUT2D eigenvalue weighted by Gasteiger charge is -2.07. The van der Waals surface area contributed by atoms with Crippen LogP contribution in [0.1, 0.15) is 19.3 Å². The van der Waals surface area contributed by atoms with E-state index in [0.717, 1.165) is 0 Å². The Labute approximate surface area is 112 Å². The van der Waals surface area contributed by atoms with Crippen LogP contribution in [0.3, 0.4) is 0 Å². The highest BCUT2D eigenvalue weighted by atomic mass is 79.9. The van der Waals surface area contributed by atoms with Crippen LogP contribution < -0.4 is 4.74 Å². The fourth-order valence-corrected chi connectivity index (χ4v) is 1.81. The summed E-state index contributed by atoms with van der Waals surface area (Å²) >= 11 is 3.18. The number of carbonyl (C=O) groups is 1. The first-order chi connectivity index (χ1) is 8.52. The van der Waals surface area contributed by atoms with Crippen molar-refractivity contribution >= 4 is 27.6 Å². The molecule has 0 amide bonds. The van der Waals surface area contributed by atoms with Gasteiger partial charge < -0.3 is 9.84 Å². The number of unbranched alkanes of at least 4 members (excludes halogenated alkanes) is 1. The van der Waals surface area contributed by atoms with Crippen LogP contribution in [0.5, 0.6) is 5.75 Å². The molecule has 0 aliphatic rings. The van der Waals surface area contributed by atoms with Crippen molar-refractivity contribution in [3.63, 3.8) is 0 Å². The van der Waals surface area contributed by atoms with Crippen molar-refractivity contribution in [2.45, 2.75) is 19.3 Å². The summed E-state index contributed by atoms with van der Waals surface area (Å²) in [6.45, 7) is 0.247. The summed E-state index contributed by atoms with van der Waals surface area (Å²) in [7, 11) is 0. The van der Waals surface area contributed by atoms with Crippen LogP contribution in [-0.2, 0) is 4.79 Å². The van der Waals surface area contributed by atoms with Gasteiger partial charge in [-0.2, -0.15) is 0 Å². The smallest absolute Gasteiger partial charge is 0.312 e. The number of hydrogen-bond donors (Lipinski definition) is 1. The maximum absolute atomic E-state index is 10.8. The van der Waals surface area contributed by atoms with E-state index in [0.29, 0.717) is 17.3 Å². The van der Waals surface area contributed by atoms with Crippen molar-refractivity contribution < 1.29 is 19.6 Å². The third-order valence-corrected chi connectivity index (χ3v) is 2.80. The Hall–Kier alpha value is -1.63. The van der Waals surface area contributed by atoms with Gasteiger partial charge in [0.15, 0.2) is 0 Å². The van der Waals surface area contributed by atoms with Crippen molar-refractivity contribution in [1.29, 1.82) is 0 Å². The predicted octanol–water partition coefficient (Wildman–Crippen LogP) is 2.99. The molecule has 0 aliphatic heterocycles. The highest BCUT2D eigenvalue weighted by molar-refractivity contribution is 9.10. The van der Waals surface area contributed by atoms with Crippen molar-refractivity contribution in [1.82, 2.24) is 0 Å². The quantitative estimate of drug-likeness (QED) is 0.474. The maximum Gasteiger partial charge on any atom is 0.312 e. The van der Waals surface area contributed by atoms with Crippen LogP contribution in [0.15, 0.2) is 22.7 Å². The summed E-state index contributed by atoms with van der Waals surface area (Å²) in [5, 5.41) is 19.2. The molecule has 0 saturated carbocycles. The Bertz CT molecular complexity index is 449. The normalized spacial score (nSPS) is 10.1. The molecule has 18 heavy (non-hydrogen) atoms. The van der Waals surface area contributed by atoms with E-state index in [1.807, 2.05) is 0 Å². The summed E-state index contributed by atoms with van der Waals surface area (Å²) in [5.41, 5.74) is -0.109. The molecule has 6 nitrogen and oxygen atoms in total. The fourth-order valence-electron chi connectivity index (χ4n) is 1.34. The molecule has 0 bridgehead atoms. The third kappa shape index (κ3) is 4.33. The number of nitro groups is 1. The number of ether oxygens (including phenoxy) is 1. The van der Waals surface area contributed by atoms with E-state index in [2.05, 4.69) is 15.9 Å². The van der Waals surface area contributed by atoms with Crippen LogP contribution in [0, 0.1) is 10.1 Å². The minimum Gasteiger partial charge on any atom is -0.486 e. The van der Waals surface area contributed by atoms with Gasteiger partial charge in [-0.05, 0) is 34.8 Å². The van der Waals surface area contributed by atoms with Crippen LogP contribution in [0.25, 0.3) is 0 Å². The highest BCUT2D eigenvalue weighted by Crippen LogP contribution is 2.34. The minimum absolute atomic E-state index is 0.0708. The maximum atomic E-state index is 10.8. The van der Waals surface area contributed by atoms with E-state index in [4.69, 9.17) is 9.84 Å². The molecule has 0 aromatic heterocycles. The van der Waals surface area contributed by atoms with E-state index in [-0.39, 0.29) is 24.5 Å². The summed E-state index contributed by atoms with van der Waals surface area (Å²) in [6, 6.07) is 4.57. The molecule has 0 radical (unpaired) electrons. The Morgan fingerprint density at radius 3 is 2.78 bits per heavy atom. The number of rotatable bonds is 7. The molecule has 0 saturated heterocycles. The average molecular weight is 318 g/mol. The van der Waals surface area contributed by atoms with E-state index in [1.165, 1.54) is 6.07 Å². The summed E-state index contributed by atoms with van der Waals surface area (Å²) in [4.78, 5) is 20.6. The molecule has 0 spiro atoms. The Balaban J connectivity index is 2.56.